The molecule has 41 heavy (non-hydrogen) atoms. The largest absolute Gasteiger partial charge is 0.481 e. The van der Waals surface area contributed by atoms with Crippen LogP contribution in [-0.2, 0) is 23.9 Å². The minimum absolute atomic E-state index is 0.00447. The Morgan fingerprint density at radius 2 is 1.78 bits per heavy atom. The molecular formula is C29H42N4O8. The van der Waals surface area contributed by atoms with E-state index in [0.717, 1.165) is 12.8 Å². The van der Waals surface area contributed by atoms with E-state index in [1.807, 2.05) is 6.92 Å². The van der Waals surface area contributed by atoms with Gasteiger partial charge in [0, 0.05) is 44.5 Å². The molecule has 1 saturated heterocycles. The van der Waals surface area contributed by atoms with E-state index in [1.54, 1.807) is 18.7 Å². The van der Waals surface area contributed by atoms with Crippen LogP contribution in [-0.4, -0.2) is 70.5 Å². The van der Waals surface area contributed by atoms with Crippen molar-refractivity contribution >= 4 is 35.6 Å². The van der Waals surface area contributed by atoms with Crippen LogP contribution in [0, 0.1) is 17.2 Å². The van der Waals surface area contributed by atoms with Gasteiger partial charge in [0.1, 0.15) is 5.84 Å². The number of esters is 2. The monoisotopic (exact) mass is 574 g/mol. The zero-order chi connectivity index (χ0) is 30.9. The maximum absolute atomic E-state index is 13.7. The number of hydrogen-bond acceptors (Lipinski definition) is 8. The molecule has 12 heteroatoms. The highest BCUT2D eigenvalue weighted by Crippen LogP contribution is 2.29. The zero-order valence-corrected chi connectivity index (χ0v) is 24.5. The van der Waals surface area contributed by atoms with E-state index < -0.39 is 47.4 Å². The fraction of sp³-hybridized carbons (Fsp3) is 0.586. The van der Waals surface area contributed by atoms with E-state index in [2.05, 4.69) is 5.32 Å². The van der Waals surface area contributed by atoms with Crippen LogP contribution >= 0.6 is 0 Å². The molecule has 0 aliphatic carbocycles. The third-order valence-electron chi connectivity index (χ3n) is 7.24. The summed E-state index contributed by atoms with van der Waals surface area (Å²) in [7, 11) is 0. The summed E-state index contributed by atoms with van der Waals surface area (Å²) in [6.07, 6.45) is 2.35. The van der Waals surface area contributed by atoms with Gasteiger partial charge < -0.3 is 30.5 Å². The van der Waals surface area contributed by atoms with Crippen molar-refractivity contribution in [3.63, 3.8) is 0 Å². The number of ether oxygens (including phenoxy) is 2. The number of nitrogen functional groups attached to an aromatic ring is 1. The highest BCUT2D eigenvalue weighted by molar-refractivity contribution is 6.09. The van der Waals surface area contributed by atoms with Crippen molar-refractivity contribution in [2.45, 2.75) is 85.0 Å². The normalized spacial score (nSPS) is 15.4. The van der Waals surface area contributed by atoms with Crippen molar-refractivity contribution in [3.05, 3.63) is 34.9 Å². The lowest BCUT2D eigenvalue weighted by molar-refractivity contribution is -0.162. The SMILES string of the molecule is CCCCC(C(=O)N1CCC(CC(=O)O)CC1)C(C)(C)NC(=O)c1ccc(C(=O)OC(C)OC(C)=O)cc1C(=N)N. The first-order valence-corrected chi connectivity index (χ1v) is 13.9. The van der Waals surface area contributed by atoms with Crippen molar-refractivity contribution in [1.29, 1.82) is 5.41 Å². The maximum atomic E-state index is 13.7. The van der Waals surface area contributed by atoms with Gasteiger partial charge in [0.25, 0.3) is 5.91 Å². The van der Waals surface area contributed by atoms with Gasteiger partial charge in [0.05, 0.1) is 17.0 Å². The molecule has 0 radical (unpaired) electrons. The zero-order valence-electron chi connectivity index (χ0n) is 24.5. The lowest BCUT2D eigenvalue weighted by Gasteiger charge is -2.40. The number of piperidine rings is 1. The molecule has 5 N–H and O–H groups in total. The molecule has 1 aliphatic rings. The van der Waals surface area contributed by atoms with Crippen LogP contribution in [0.3, 0.4) is 0 Å². The molecule has 0 saturated carbocycles. The van der Waals surface area contributed by atoms with Crippen LogP contribution in [0.25, 0.3) is 0 Å². The van der Waals surface area contributed by atoms with Crippen molar-refractivity contribution in [3.8, 4) is 0 Å². The Bertz CT molecular complexity index is 1160. The molecule has 0 bridgehead atoms. The average molecular weight is 575 g/mol. The Morgan fingerprint density at radius 1 is 1.15 bits per heavy atom. The summed E-state index contributed by atoms with van der Waals surface area (Å²) in [6, 6.07) is 3.96. The van der Waals surface area contributed by atoms with Crippen molar-refractivity contribution < 1.29 is 38.6 Å². The quantitative estimate of drug-likeness (QED) is 0.119. The summed E-state index contributed by atoms with van der Waals surface area (Å²) in [6.45, 7) is 9.05. The number of hydrogen-bond donors (Lipinski definition) is 4. The number of benzene rings is 1. The van der Waals surface area contributed by atoms with E-state index in [1.165, 1.54) is 32.0 Å². The Hall–Kier alpha value is -3.96. The number of amides is 2. The number of unbranched alkanes of at least 4 members (excludes halogenated alkanes) is 1. The first-order valence-electron chi connectivity index (χ1n) is 13.9. The second-order valence-electron chi connectivity index (χ2n) is 11.0. The molecule has 1 aromatic rings. The van der Waals surface area contributed by atoms with Gasteiger partial charge in [-0.3, -0.25) is 24.6 Å². The Kier molecular flexibility index (Phi) is 11.8. The molecule has 1 aromatic carbocycles. The van der Waals surface area contributed by atoms with Crippen LogP contribution < -0.4 is 11.1 Å². The molecule has 1 aliphatic heterocycles. The molecule has 2 rings (SSSR count). The van der Waals surface area contributed by atoms with Gasteiger partial charge in [0.2, 0.25) is 12.2 Å². The first kappa shape index (κ1) is 33.2. The molecule has 12 nitrogen and oxygen atoms in total. The molecule has 0 aromatic heterocycles. The number of nitrogens with one attached hydrogen (secondary N) is 2. The number of carbonyl (C=O) groups excluding carboxylic acids is 4. The van der Waals surface area contributed by atoms with Crippen LogP contribution in [0.15, 0.2) is 18.2 Å². The first-order chi connectivity index (χ1) is 19.2. The summed E-state index contributed by atoms with van der Waals surface area (Å²) in [5.41, 5.74) is 4.83. The number of rotatable bonds is 13. The fourth-order valence-electron chi connectivity index (χ4n) is 5.04. The van der Waals surface area contributed by atoms with Crippen molar-refractivity contribution in [2.75, 3.05) is 13.1 Å². The number of aliphatic carboxylic acids is 1. The van der Waals surface area contributed by atoms with Crippen LogP contribution in [0.2, 0.25) is 0 Å². The summed E-state index contributed by atoms with van der Waals surface area (Å²) in [4.78, 5) is 63.6. The topological polar surface area (TPSA) is 189 Å². The van der Waals surface area contributed by atoms with Crippen LogP contribution in [0.1, 0.15) is 99.4 Å². The minimum atomic E-state index is -1.13. The third-order valence-corrected chi connectivity index (χ3v) is 7.24. The standard InChI is InChI=1S/C29H42N4O8/c1-6-7-8-23(27(38)33-13-11-19(12-14-33)15-24(35)36)29(4,5)32-26(37)21-10-9-20(16-22(21)25(30)31)28(39)41-18(3)40-17(2)34/h9-10,16,18-19,23H,6-8,11-15H2,1-5H3,(H3,30,31)(H,32,37)(H,35,36). The van der Waals surface area contributed by atoms with E-state index in [0.29, 0.717) is 32.4 Å². The lowest BCUT2D eigenvalue weighted by Crippen LogP contribution is -2.56. The van der Waals surface area contributed by atoms with E-state index >= 15 is 0 Å². The predicted molar refractivity (Wildman–Crippen MR) is 150 cm³/mol. The van der Waals surface area contributed by atoms with Gasteiger partial charge in [-0.2, -0.15) is 0 Å². The molecular weight excluding hydrogens is 532 g/mol. The van der Waals surface area contributed by atoms with Crippen LogP contribution in [0.5, 0.6) is 0 Å². The van der Waals surface area contributed by atoms with Gasteiger partial charge in [-0.15, -0.1) is 0 Å². The minimum Gasteiger partial charge on any atom is -0.481 e. The summed E-state index contributed by atoms with van der Waals surface area (Å²) in [5.74, 6) is -3.90. The number of nitrogens with zero attached hydrogens (tertiary/aromatic N) is 1. The smallest absolute Gasteiger partial charge is 0.341 e. The van der Waals surface area contributed by atoms with Gasteiger partial charge in [-0.1, -0.05) is 19.8 Å². The number of carbonyl (C=O) groups is 5. The number of amidine groups is 1. The Labute approximate surface area is 240 Å². The number of nitrogens with two attached hydrogens (primary N) is 1. The Morgan fingerprint density at radius 3 is 2.32 bits per heavy atom. The highest BCUT2D eigenvalue weighted by atomic mass is 16.7. The molecule has 2 unspecified atom stereocenters. The predicted octanol–water partition coefficient (Wildman–Crippen LogP) is 3.06. The van der Waals surface area contributed by atoms with E-state index in [-0.39, 0.29) is 34.9 Å². The van der Waals surface area contributed by atoms with Crippen molar-refractivity contribution in [2.24, 2.45) is 17.6 Å². The Balaban J connectivity index is 2.23. The summed E-state index contributed by atoms with van der Waals surface area (Å²) < 4.78 is 9.88. The number of likely N-dealkylation sites (tertiary alicyclic amines) is 1. The van der Waals surface area contributed by atoms with E-state index in [9.17, 15) is 24.0 Å². The maximum Gasteiger partial charge on any atom is 0.341 e. The molecule has 2 amide bonds. The van der Waals surface area contributed by atoms with Gasteiger partial charge in [-0.25, -0.2) is 4.79 Å². The molecule has 2 atom stereocenters. The average Bonchev–Trinajstić information content (AvgIpc) is 2.87. The number of carboxylic acid groups (broad SMARTS) is 1. The molecule has 0 spiro atoms. The molecule has 1 heterocycles. The van der Waals surface area contributed by atoms with Gasteiger partial charge in [0.15, 0.2) is 0 Å². The number of carboxylic acids is 1. The third kappa shape index (κ3) is 9.58. The van der Waals surface area contributed by atoms with E-state index in [4.69, 9.17) is 25.7 Å². The van der Waals surface area contributed by atoms with Crippen molar-refractivity contribution in [1.82, 2.24) is 10.2 Å². The van der Waals surface area contributed by atoms with Gasteiger partial charge >= 0.3 is 17.9 Å². The molecule has 1 fully saturated rings. The van der Waals surface area contributed by atoms with Crippen LogP contribution in [0.4, 0.5) is 0 Å². The fourth-order valence-corrected chi connectivity index (χ4v) is 5.04. The molecule has 226 valence electrons. The highest BCUT2D eigenvalue weighted by Gasteiger charge is 2.39. The van der Waals surface area contributed by atoms with Gasteiger partial charge in [-0.05, 0) is 57.2 Å². The lowest BCUT2D eigenvalue weighted by atomic mass is 9.81. The summed E-state index contributed by atoms with van der Waals surface area (Å²) in [5, 5.41) is 20.0. The second-order valence-corrected chi connectivity index (χ2v) is 11.0. The second kappa shape index (κ2) is 14.6. The summed E-state index contributed by atoms with van der Waals surface area (Å²) >= 11 is 0.